The van der Waals surface area contributed by atoms with Crippen molar-refractivity contribution in [2.45, 2.75) is 39.7 Å². The largest absolute Gasteiger partial charge is 0.462 e. The molecule has 1 aliphatic rings. The van der Waals surface area contributed by atoms with Gasteiger partial charge in [-0.05, 0) is 18.8 Å². The van der Waals surface area contributed by atoms with Crippen molar-refractivity contribution in [1.29, 1.82) is 0 Å². The van der Waals surface area contributed by atoms with Gasteiger partial charge in [-0.1, -0.05) is 20.8 Å². The first-order chi connectivity index (χ1) is 5.15. The monoisotopic (exact) mass is 156 g/mol. The van der Waals surface area contributed by atoms with E-state index >= 15 is 0 Å². The Morgan fingerprint density at radius 1 is 1.55 bits per heavy atom. The van der Waals surface area contributed by atoms with Crippen molar-refractivity contribution >= 4 is 5.97 Å². The van der Waals surface area contributed by atoms with E-state index < -0.39 is 0 Å². The number of esters is 1. The molecular formula is C9H16O2. The standard InChI is InChI=1S/C9H16O2/c1-4-8-6(2)5-7(3)9(10)11-8/h6-8H,4-5H2,1-3H3/t6-,7-,8-/m0/s1. The molecule has 11 heavy (non-hydrogen) atoms. The molecule has 0 aromatic carbocycles. The third kappa shape index (κ3) is 1.73. The molecule has 0 unspecified atom stereocenters. The van der Waals surface area contributed by atoms with Gasteiger partial charge in [-0.25, -0.2) is 0 Å². The van der Waals surface area contributed by atoms with Crippen LogP contribution in [0.3, 0.4) is 0 Å². The number of ether oxygens (including phenoxy) is 1. The number of carbonyl (C=O) groups excluding carboxylic acids is 1. The van der Waals surface area contributed by atoms with Gasteiger partial charge in [0.15, 0.2) is 0 Å². The van der Waals surface area contributed by atoms with Crippen molar-refractivity contribution in [3.05, 3.63) is 0 Å². The summed E-state index contributed by atoms with van der Waals surface area (Å²) in [6.07, 6.45) is 2.09. The smallest absolute Gasteiger partial charge is 0.308 e. The van der Waals surface area contributed by atoms with E-state index in [2.05, 4.69) is 13.8 Å². The number of rotatable bonds is 1. The summed E-state index contributed by atoms with van der Waals surface area (Å²) in [5.74, 6) is 0.621. The van der Waals surface area contributed by atoms with Crippen LogP contribution in [0, 0.1) is 11.8 Å². The van der Waals surface area contributed by atoms with Gasteiger partial charge < -0.3 is 4.74 Å². The van der Waals surface area contributed by atoms with Crippen LogP contribution in [0.25, 0.3) is 0 Å². The van der Waals surface area contributed by atoms with E-state index in [4.69, 9.17) is 4.74 Å². The van der Waals surface area contributed by atoms with Crippen LogP contribution in [0.15, 0.2) is 0 Å². The van der Waals surface area contributed by atoms with Gasteiger partial charge in [-0.3, -0.25) is 4.79 Å². The van der Waals surface area contributed by atoms with E-state index in [0.717, 1.165) is 12.8 Å². The van der Waals surface area contributed by atoms with Crippen LogP contribution in [0.1, 0.15) is 33.6 Å². The first-order valence-corrected chi connectivity index (χ1v) is 4.35. The molecule has 2 heteroatoms. The van der Waals surface area contributed by atoms with Crippen molar-refractivity contribution in [1.82, 2.24) is 0 Å². The Bertz CT molecular complexity index is 154. The maximum Gasteiger partial charge on any atom is 0.308 e. The van der Waals surface area contributed by atoms with Crippen molar-refractivity contribution in [2.75, 3.05) is 0 Å². The van der Waals surface area contributed by atoms with Crippen LogP contribution >= 0.6 is 0 Å². The maximum absolute atomic E-state index is 11.1. The van der Waals surface area contributed by atoms with E-state index in [1.807, 2.05) is 6.92 Å². The molecule has 0 N–H and O–H groups in total. The molecule has 0 aromatic heterocycles. The SMILES string of the molecule is CC[C@@H]1OC(=O)[C@@H](C)C[C@@H]1C. The first kappa shape index (κ1) is 8.57. The van der Waals surface area contributed by atoms with Gasteiger partial charge in [0.25, 0.3) is 0 Å². The minimum atomic E-state index is -0.0186. The second-order valence-electron chi connectivity index (χ2n) is 3.50. The van der Waals surface area contributed by atoms with Gasteiger partial charge in [-0.15, -0.1) is 0 Å². The van der Waals surface area contributed by atoms with Gasteiger partial charge in [0.1, 0.15) is 6.10 Å². The summed E-state index contributed by atoms with van der Waals surface area (Å²) in [6, 6.07) is 0. The molecule has 64 valence electrons. The van der Waals surface area contributed by atoms with Crippen LogP contribution in [0.5, 0.6) is 0 Å². The lowest BCUT2D eigenvalue weighted by atomic mass is 9.89. The quantitative estimate of drug-likeness (QED) is 0.543. The summed E-state index contributed by atoms with van der Waals surface area (Å²) in [6.45, 7) is 6.15. The van der Waals surface area contributed by atoms with Crippen molar-refractivity contribution < 1.29 is 9.53 Å². The lowest BCUT2D eigenvalue weighted by molar-refractivity contribution is -0.164. The predicted octanol–water partition coefficient (Wildman–Crippen LogP) is 1.98. The lowest BCUT2D eigenvalue weighted by Gasteiger charge is -2.31. The molecule has 1 fully saturated rings. The zero-order chi connectivity index (χ0) is 8.43. The molecule has 1 heterocycles. The molecule has 0 aliphatic carbocycles. The molecular weight excluding hydrogens is 140 g/mol. The molecule has 1 rings (SSSR count). The van der Waals surface area contributed by atoms with Crippen molar-refractivity contribution in [2.24, 2.45) is 11.8 Å². The van der Waals surface area contributed by atoms with E-state index in [0.29, 0.717) is 5.92 Å². The van der Waals surface area contributed by atoms with Crippen LogP contribution in [-0.2, 0) is 9.53 Å². The molecule has 0 radical (unpaired) electrons. The van der Waals surface area contributed by atoms with Gasteiger partial charge in [0.2, 0.25) is 0 Å². The van der Waals surface area contributed by atoms with Crippen LogP contribution < -0.4 is 0 Å². The van der Waals surface area contributed by atoms with Gasteiger partial charge >= 0.3 is 5.97 Å². The van der Waals surface area contributed by atoms with Gasteiger partial charge in [0.05, 0.1) is 5.92 Å². The second kappa shape index (κ2) is 3.24. The molecule has 0 bridgehead atoms. The van der Waals surface area contributed by atoms with Crippen molar-refractivity contribution in [3.8, 4) is 0 Å². The Morgan fingerprint density at radius 2 is 2.18 bits per heavy atom. The number of hydrogen-bond donors (Lipinski definition) is 0. The Balaban J connectivity index is 2.54. The zero-order valence-electron chi connectivity index (χ0n) is 7.46. The summed E-state index contributed by atoms with van der Waals surface area (Å²) < 4.78 is 5.22. The third-order valence-corrected chi connectivity index (χ3v) is 2.43. The van der Waals surface area contributed by atoms with E-state index in [1.165, 1.54) is 0 Å². The number of cyclic esters (lactones) is 1. The van der Waals surface area contributed by atoms with Crippen LogP contribution in [-0.4, -0.2) is 12.1 Å². The Morgan fingerprint density at radius 3 is 2.73 bits per heavy atom. The van der Waals surface area contributed by atoms with Crippen LogP contribution in [0.4, 0.5) is 0 Å². The molecule has 2 nitrogen and oxygen atoms in total. The highest BCUT2D eigenvalue weighted by Crippen LogP contribution is 2.26. The molecule has 3 atom stereocenters. The van der Waals surface area contributed by atoms with Crippen molar-refractivity contribution in [3.63, 3.8) is 0 Å². The normalized spacial score (nSPS) is 38.5. The average molecular weight is 156 g/mol. The Kier molecular flexibility index (Phi) is 2.53. The highest BCUT2D eigenvalue weighted by molar-refractivity contribution is 5.72. The minimum absolute atomic E-state index is 0.0186. The average Bonchev–Trinajstić information content (AvgIpc) is 1.97. The Labute approximate surface area is 67.9 Å². The van der Waals surface area contributed by atoms with Gasteiger partial charge in [-0.2, -0.15) is 0 Å². The fraction of sp³-hybridized carbons (Fsp3) is 0.889. The highest BCUT2D eigenvalue weighted by Gasteiger charge is 2.31. The molecule has 0 amide bonds. The van der Waals surface area contributed by atoms with E-state index in [9.17, 15) is 4.79 Å². The molecule has 0 spiro atoms. The fourth-order valence-corrected chi connectivity index (χ4v) is 1.67. The second-order valence-corrected chi connectivity index (χ2v) is 3.50. The van der Waals surface area contributed by atoms with E-state index in [-0.39, 0.29) is 18.0 Å². The zero-order valence-corrected chi connectivity index (χ0v) is 7.46. The molecule has 1 saturated heterocycles. The topological polar surface area (TPSA) is 26.3 Å². The summed E-state index contributed by atoms with van der Waals surface area (Å²) >= 11 is 0. The lowest BCUT2D eigenvalue weighted by Crippen LogP contribution is -2.35. The summed E-state index contributed by atoms with van der Waals surface area (Å²) in [5, 5.41) is 0. The first-order valence-electron chi connectivity index (χ1n) is 4.35. The number of carbonyl (C=O) groups is 1. The summed E-state index contributed by atoms with van der Waals surface area (Å²) in [7, 11) is 0. The highest BCUT2D eigenvalue weighted by atomic mass is 16.5. The van der Waals surface area contributed by atoms with Crippen LogP contribution in [0.2, 0.25) is 0 Å². The number of hydrogen-bond acceptors (Lipinski definition) is 2. The summed E-state index contributed by atoms with van der Waals surface area (Å²) in [4.78, 5) is 11.1. The molecule has 0 aromatic rings. The minimum Gasteiger partial charge on any atom is -0.462 e. The fourth-order valence-electron chi connectivity index (χ4n) is 1.67. The van der Waals surface area contributed by atoms with E-state index in [1.54, 1.807) is 0 Å². The van der Waals surface area contributed by atoms with Gasteiger partial charge in [0, 0.05) is 0 Å². The Hall–Kier alpha value is -0.530. The molecule has 1 aliphatic heterocycles. The third-order valence-electron chi connectivity index (χ3n) is 2.43. The summed E-state index contributed by atoms with van der Waals surface area (Å²) in [5.41, 5.74) is 0. The maximum atomic E-state index is 11.1. The molecule has 0 saturated carbocycles. The predicted molar refractivity (Wildman–Crippen MR) is 43.1 cm³/mol.